The van der Waals surface area contributed by atoms with Crippen LogP contribution < -0.4 is 10.6 Å². The van der Waals surface area contributed by atoms with E-state index in [2.05, 4.69) is 44.7 Å². The first-order chi connectivity index (χ1) is 15.4. The molecule has 2 N–H and O–H groups in total. The number of likely N-dealkylation sites (N-methyl/N-ethyl adjacent to an activating group) is 1. The lowest BCUT2D eigenvalue weighted by Gasteiger charge is -2.33. The van der Waals surface area contributed by atoms with Crippen molar-refractivity contribution in [2.24, 2.45) is 10.9 Å². The predicted molar refractivity (Wildman–Crippen MR) is 130 cm³/mol. The summed E-state index contributed by atoms with van der Waals surface area (Å²) in [5, 5.41) is 5.82. The van der Waals surface area contributed by atoms with Crippen LogP contribution in [0.3, 0.4) is 0 Å². The van der Waals surface area contributed by atoms with Crippen molar-refractivity contribution in [2.75, 3.05) is 33.9 Å². The number of allylic oxidation sites excluding steroid dienone is 3. The molecule has 2 rings (SSSR count). The third-order valence-electron chi connectivity index (χ3n) is 5.59. The summed E-state index contributed by atoms with van der Waals surface area (Å²) in [5.74, 6) is -0.0825. The number of alkyl carbamates (subject to hydrolysis) is 1. The smallest absolute Gasteiger partial charge is 0.407 e. The number of hydrogen-bond donors (Lipinski definition) is 2. The Morgan fingerprint density at radius 3 is 2.59 bits per heavy atom. The molecule has 0 aromatic heterocycles. The lowest BCUT2D eigenvalue weighted by Crippen LogP contribution is -2.54. The van der Waals surface area contributed by atoms with Crippen molar-refractivity contribution in [1.29, 1.82) is 0 Å². The highest BCUT2D eigenvalue weighted by atomic mass is 79.9. The lowest BCUT2D eigenvalue weighted by atomic mass is 9.90. The van der Waals surface area contributed by atoms with E-state index in [9.17, 15) is 9.59 Å². The zero-order chi connectivity index (χ0) is 23.5. The molecule has 32 heavy (non-hydrogen) atoms. The maximum absolute atomic E-state index is 13.4. The van der Waals surface area contributed by atoms with Crippen LogP contribution in [-0.2, 0) is 14.3 Å². The summed E-state index contributed by atoms with van der Waals surface area (Å²) in [5.41, 5.74) is 1.51. The molecule has 2 unspecified atom stereocenters. The van der Waals surface area contributed by atoms with E-state index in [1.165, 1.54) is 7.11 Å². The van der Waals surface area contributed by atoms with Crippen molar-refractivity contribution < 1.29 is 19.1 Å². The van der Waals surface area contributed by atoms with Crippen LogP contribution in [0.4, 0.5) is 4.79 Å². The normalized spacial score (nSPS) is 21.0. The first-order valence-electron chi connectivity index (χ1n) is 10.7. The fraction of sp³-hybridized carbons (Fsp3) is 0.522. The molecule has 0 radical (unpaired) electrons. The van der Waals surface area contributed by atoms with Gasteiger partial charge in [0.05, 0.1) is 25.0 Å². The minimum atomic E-state index is -0.633. The van der Waals surface area contributed by atoms with Gasteiger partial charge >= 0.3 is 6.09 Å². The van der Waals surface area contributed by atoms with E-state index in [0.29, 0.717) is 19.8 Å². The number of likely N-dealkylation sites (tertiary alicyclic amines) is 1. The Hall–Kier alpha value is -2.39. The van der Waals surface area contributed by atoms with Gasteiger partial charge in [-0.3, -0.25) is 9.79 Å². The molecule has 0 spiro atoms. The fourth-order valence-corrected chi connectivity index (χ4v) is 3.95. The molecular formula is C23H33BrN4O4. The van der Waals surface area contributed by atoms with Gasteiger partial charge in [0.25, 0.3) is 0 Å². The number of nitrogens with zero attached hydrogens (tertiary/aromatic N) is 2. The van der Waals surface area contributed by atoms with Crippen molar-refractivity contribution >= 4 is 34.1 Å². The van der Waals surface area contributed by atoms with Gasteiger partial charge in [0.1, 0.15) is 6.04 Å². The van der Waals surface area contributed by atoms with Crippen LogP contribution in [0.25, 0.3) is 0 Å². The summed E-state index contributed by atoms with van der Waals surface area (Å²) < 4.78 is 10.9. The number of carbonyl (C=O) groups excluding carboxylic acids is 2. The van der Waals surface area contributed by atoms with Crippen LogP contribution in [-0.4, -0.2) is 69.1 Å². The number of ether oxygens (including phenoxy) is 2. The predicted octanol–water partition coefficient (Wildman–Crippen LogP) is 3.28. The first kappa shape index (κ1) is 25.9. The molecule has 2 atom stereocenters. The van der Waals surface area contributed by atoms with E-state index in [-0.39, 0.29) is 17.9 Å². The molecule has 0 aliphatic carbocycles. The van der Waals surface area contributed by atoms with Gasteiger partial charge in [0.15, 0.2) is 0 Å². The number of nitrogens with one attached hydrogen (secondary N) is 2. The molecule has 0 aromatic carbocycles. The van der Waals surface area contributed by atoms with Crippen LogP contribution in [0.1, 0.15) is 25.7 Å². The summed E-state index contributed by atoms with van der Waals surface area (Å²) in [6.07, 6.45) is 9.65. The molecule has 0 bridgehead atoms. The molecule has 8 nitrogen and oxygen atoms in total. The topological polar surface area (TPSA) is 92.3 Å². The van der Waals surface area contributed by atoms with Gasteiger partial charge in [0.2, 0.25) is 5.91 Å². The zero-order valence-electron chi connectivity index (χ0n) is 18.8. The average Bonchev–Trinajstić information content (AvgIpc) is 3.27. The van der Waals surface area contributed by atoms with Gasteiger partial charge in [-0.05, 0) is 43.3 Å². The van der Waals surface area contributed by atoms with Gasteiger partial charge in [-0.1, -0.05) is 35.2 Å². The Labute approximate surface area is 198 Å². The molecule has 2 amide bonds. The number of hydrogen-bond acceptors (Lipinski definition) is 6. The van der Waals surface area contributed by atoms with E-state index in [1.807, 2.05) is 6.08 Å². The van der Waals surface area contributed by atoms with Crippen molar-refractivity contribution in [3.8, 4) is 0 Å². The van der Waals surface area contributed by atoms with E-state index in [4.69, 9.17) is 9.47 Å². The zero-order valence-corrected chi connectivity index (χ0v) is 20.4. The summed E-state index contributed by atoms with van der Waals surface area (Å²) in [7, 11) is 3.10. The average molecular weight is 509 g/mol. The standard InChI is InChI=1S/C23H33BrN4O4/c1-16(7-8-17(2)24)20(25-3)15-26-14-19-6-5-11-28(19)22(29)21(27-23(30)31-4)18-9-12-32-13-10-18/h7-8,14-15,18-19,21,25H,1-2,5-6,9-13H2,3-4H3,(H,27,30)/b8-7-,20-15-,26-14?. The van der Waals surface area contributed by atoms with E-state index in [0.717, 1.165) is 41.4 Å². The Bertz CT molecular complexity index is 787. The van der Waals surface area contributed by atoms with Gasteiger partial charge in [-0.2, -0.15) is 0 Å². The second-order valence-corrected chi connectivity index (χ2v) is 8.72. The van der Waals surface area contributed by atoms with Crippen molar-refractivity contribution in [3.63, 3.8) is 0 Å². The number of aliphatic imine (C=N–C) groups is 1. The van der Waals surface area contributed by atoms with E-state index < -0.39 is 12.1 Å². The lowest BCUT2D eigenvalue weighted by molar-refractivity contribution is -0.135. The Morgan fingerprint density at radius 1 is 1.25 bits per heavy atom. The van der Waals surface area contributed by atoms with Crippen LogP contribution >= 0.6 is 15.9 Å². The highest BCUT2D eigenvalue weighted by Gasteiger charge is 2.38. The summed E-state index contributed by atoms with van der Waals surface area (Å²) in [4.78, 5) is 31.6. The molecule has 2 aliphatic rings. The number of amides is 2. The van der Waals surface area contributed by atoms with Crippen LogP contribution in [0.15, 0.2) is 52.3 Å². The van der Waals surface area contributed by atoms with Gasteiger partial charge < -0.3 is 25.0 Å². The van der Waals surface area contributed by atoms with E-state index in [1.54, 1.807) is 30.4 Å². The molecule has 0 saturated carbocycles. The van der Waals surface area contributed by atoms with Gasteiger partial charge in [-0.15, -0.1) is 0 Å². The molecule has 176 valence electrons. The van der Waals surface area contributed by atoms with Gasteiger partial charge in [-0.25, -0.2) is 4.79 Å². The van der Waals surface area contributed by atoms with Crippen molar-refractivity contribution in [2.45, 2.75) is 37.8 Å². The minimum absolute atomic E-state index is 0.0172. The summed E-state index contributed by atoms with van der Waals surface area (Å²) in [6.45, 7) is 9.58. The van der Waals surface area contributed by atoms with Crippen molar-refractivity contribution in [1.82, 2.24) is 15.5 Å². The molecule has 2 fully saturated rings. The Morgan fingerprint density at radius 2 is 1.97 bits per heavy atom. The number of halogens is 1. The van der Waals surface area contributed by atoms with Gasteiger partial charge in [0, 0.05) is 37.5 Å². The largest absolute Gasteiger partial charge is 0.453 e. The number of methoxy groups -OCH3 is 1. The molecule has 2 aliphatic heterocycles. The quantitative estimate of drug-likeness (QED) is 0.368. The molecule has 2 saturated heterocycles. The maximum Gasteiger partial charge on any atom is 0.407 e. The second kappa shape index (κ2) is 13.2. The third kappa shape index (κ3) is 7.63. The van der Waals surface area contributed by atoms with E-state index >= 15 is 0 Å². The molecular weight excluding hydrogens is 476 g/mol. The highest BCUT2D eigenvalue weighted by molar-refractivity contribution is 9.11. The molecule has 0 aromatic rings. The third-order valence-corrected chi connectivity index (χ3v) is 5.85. The molecule has 2 heterocycles. The van der Waals surface area contributed by atoms with Crippen LogP contribution in [0.5, 0.6) is 0 Å². The highest BCUT2D eigenvalue weighted by Crippen LogP contribution is 2.24. The summed E-state index contributed by atoms with van der Waals surface area (Å²) in [6, 6.07) is -0.768. The Kier molecular flexibility index (Phi) is 10.7. The molecule has 9 heteroatoms. The minimum Gasteiger partial charge on any atom is -0.453 e. The van der Waals surface area contributed by atoms with Crippen molar-refractivity contribution in [3.05, 3.63) is 47.3 Å². The second-order valence-electron chi connectivity index (χ2n) is 7.70. The van der Waals surface area contributed by atoms with Crippen LogP contribution in [0, 0.1) is 5.92 Å². The Balaban J connectivity index is 2.12. The summed E-state index contributed by atoms with van der Waals surface area (Å²) >= 11 is 3.28. The SMILES string of the molecule is C=C(Br)/C=C\C(=C)/C(=C/N=CC1CCCN1C(=O)C(NC(=O)OC)C1CCOCC1)NC. The number of carbonyl (C=O) groups is 2. The number of rotatable bonds is 9. The first-order valence-corrected chi connectivity index (χ1v) is 11.5. The maximum atomic E-state index is 13.4. The van der Waals surface area contributed by atoms with Crippen LogP contribution in [0.2, 0.25) is 0 Å². The monoisotopic (exact) mass is 508 g/mol. The fourth-order valence-electron chi connectivity index (χ4n) is 3.82.